The topological polar surface area (TPSA) is 20.3 Å². The van der Waals surface area contributed by atoms with Crippen molar-refractivity contribution < 1.29 is 9.18 Å². The number of likely N-dealkylation sites (N-methyl/N-ethyl adjacent to an activating group) is 1. The van der Waals surface area contributed by atoms with E-state index in [1.807, 2.05) is 48.5 Å². The van der Waals surface area contributed by atoms with Gasteiger partial charge < -0.3 is 4.90 Å². The monoisotopic (exact) mass is 307 g/mol. The van der Waals surface area contributed by atoms with Crippen LogP contribution in [0.15, 0.2) is 66.7 Å². The van der Waals surface area contributed by atoms with Gasteiger partial charge in [-0.1, -0.05) is 54.6 Å². The first-order valence-corrected chi connectivity index (χ1v) is 7.58. The number of nitrogens with zero attached hydrogens (tertiary/aromatic N) is 1. The van der Waals surface area contributed by atoms with E-state index < -0.39 is 0 Å². The van der Waals surface area contributed by atoms with Gasteiger partial charge in [0.25, 0.3) is 0 Å². The SMILES string of the molecule is CN(Cc1cccc(F)c1)C(=O)Cc1cccc2ccccc12. The third kappa shape index (κ3) is 3.57. The summed E-state index contributed by atoms with van der Waals surface area (Å²) in [5.74, 6) is -0.261. The van der Waals surface area contributed by atoms with E-state index in [0.29, 0.717) is 13.0 Å². The van der Waals surface area contributed by atoms with Crippen LogP contribution in [0.5, 0.6) is 0 Å². The van der Waals surface area contributed by atoms with Gasteiger partial charge in [0.2, 0.25) is 5.91 Å². The summed E-state index contributed by atoms with van der Waals surface area (Å²) >= 11 is 0. The van der Waals surface area contributed by atoms with Crippen LogP contribution in [0.1, 0.15) is 11.1 Å². The van der Waals surface area contributed by atoms with Crippen molar-refractivity contribution in [2.45, 2.75) is 13.0 Å². The second-order valence-corrected chi connectivity index (χ2v) is 5.69. The minimum Gasteiger partial charge on any atom is -0.341 e. The van der Waals surface area contributed by atoms with Gasteiger partial charge in [-0.3, -0.25) is 4.79 Å². The minimum absolute atomic E-state index is 0.0191. The normalized spacial score (nSPS) is 10.7. The van der Waals surface area contributed by atoms with Crippen LogP contribution in [0.4, 0.5) is 4.39 Å². The fourth-order valence-electron chi connectivity index (χ4n) is 2.74. The first kappa shape index (κ1) is 15.2. The maximum absolute atomic E-state index is 13.2. The van der Waals surface area contributed by atoms with Gasteiger partial charge in [-0.25, -0.2) is 4.39 Å². The van der Waals surface area contributed by atoms with Gasteiger partial charge in [0.05, 0.1) is 6.42 Å². The zero-order valence-electron chi connectivity index (χ0n) is 13.0. The molecule has 0 radical (unpaired) electrons. The Morgan fingerprint density at radius 1 is 1.00 bits per heavy atom. The predicted octanol–water partition coefficient (Wildman–Crippen LogP) is 4.18. The Bertz CT molecular complexity index is 838. The van der Waals surface area contributed by atoms with Gasteiger partial charge in [-0.15, -0.1) is 0 Å². The number of carbonyl (C=O) groups is 1. The summed E-state index contributed by atoms with van der Waals surface area (Å²) < 4.78 is 13.2. The molecule has 116 valence electrons. The summed E-state index contributed by atoms with van der Waals surface area (Å²) in [6.45, 7) is 0.404. The summed E-state index contributed by atoms with van der Waals surface area (Å²) in [7, 11) is 1.75. The van der Waals surface area contributed by atoms with Gasteiger partial charge in [0, 0.05) is 13.6 Å². The molecule has 0 atom stereocenters. The largest absolute Gasteiger partial charge is 0.341 e. The third-order valence-corrected chi connectivity index (χ3v) is 3.96. The van der Waals surface area contributed by atoms with Crippen LogP contribution < -0.4 is 0 Å². The molecule has 0 aliphatic heterocycles. The van der Waals surface area contributed by atoms with Crippen molar-refractivity contribution in [2.24, 2.45) is 0 Å². The molecule has 0 saturated carbocycles. The highest BCUT2D eigenvalue weighted by Crippen LogP contribution is 2.19. The van der Waals surface area contributed by atoms with E-state index in [9.17, 15) is 9.18 Å². The van der Waals surface area contributed by atoms with Crippen LogP contribution in [0, 0.1) is 5.82 Å². The van der Waals surface area contributed by atoms with E-state index in [2.05, 4.69) is 0 Å². The second kappa shape index (κ2) is 6.61. The molecule has 0 bridgehead atoms. The quantitative estimate of drug-likeness (QED) is 0.708. The number of halogens is 1. The van der Waals surface area contributed by atoms with E-state index in [4.69, 9.17) is 0 Å². The summed E-state index contributed by atoms with van der Waals surface area (Å²) in [6.07, 6.45) is 0.340. The molecular formula is C20H18FNO. The van der Waals surface area contributed by atoms with Gasteiger partial charge in [0.1, 0.15) is 5.82 Å². The molecule has 0 unspecified atom stereocenters. The van der Waals surface area contributed by atoms with Gasteiger partial charge >= 0.3 is 0 Å². The maximum Gasteiger partial charge on any atom is 0.227 e. The fraction of sp³-hybridized carbons (Fsp3) is 0.150. The molecule has 0 fully saturated rings. The molecule has 0 aliphatic carbocycles. The Morgan fingerprint density at radius 3 is 2.57 bits per heavy atom. The highest BCUT2D eigenvalue weighted by atomic mass is 19.1. The molecule has 0 aliphatic rings. The lowest BCUT2D eigenvalue weighted by atomic mass is 10.0. The molecule has 0 heterocycles. The smallest absolute Gasteiger partial charge is 0.227 e. The Morgan fingerprint density at radius 2 is 1.74 bits per heavy atom. The number of fused-ring (bicyclic) bond motifs is 1. The van der Waals surface area contributed by atoms with Crippen LogP contribution in [-0.2, 0) is 17.8 Å². The molecule has 3 aromatic rings. The highest BCUT2D eigenvalue weighted by molar-refractivity contribution is 5.90. The van der Waals surface area contributed by atoms with Crippen LogP contribution in [-0.4, -0.2) is 17.9 Å². The Hall–Kier alpha value is -2.68. The van der Waals surface area contributed by atoms with Gasteiger partial charge in [0.15, 0.2) is 0 Å². The van der Waals surface area contributed by atoms with Crippen LogP contribution in [0.3, 0.4) is 0 Å². The van der Waals surface area contributed by atoms with Crippen molar-refractivity contribution in [1.29, 1.82) is 0 Å². The highest BCUT2D eigenvalue weighted by Gasteiger charge is 2.12. The number of hydrogen-bond donors (Lipinski definition) is 0. The average molecular weight is 307 g/mol. The van der Waals surface area contributed by atoms with Crippen LogP contribution in [0.2, 0.25) is 0 Å². The fourth-order valence-corrected chi connectivity index (χ4v) is 2.74. The number of benzene rings is 3. The van der Waals surface area contributed by atoms with E-state index in [1.165, 1.54) is 12.1 Å². The average Bonchev–Trinajstić information content (AvgIpc) is 2.55. The molecular weight excluding hydrogens is 289 g/mol. The van der Waals surface area contributed by atoms with E-state index in [1.54, 1.807) is 18.0 Å². The molecule has 2 nitrogen and oxygen atoms in total. The summed E-state index contributed by atoms with van der Waals surface area (Å²) in [4.78, 5) is 14.1. The van der Waals surface area contributed by atoms with E-state index in [-0.39, 0.29) is 11.7 Å². The predicted molar refractivity (Wildman–Crippen MR) is 90.5 cm³/mol. The molecule has 1 amide bonds. The zero-order chi connectivity index (χ0) is 16.2. The van der Waals surface area contributed by atoms with Crippen molar-refractivity contribution in [3.05, 3.63) is 83.7 Å². The van der Waals surface area contributed by atoms with E-state index >= 15 is 0 Å². The Kier molecular flexibility index (Phi) is 4.38. The molecule has 0 spiro atoms. The third-order valence-electron chi connectivity index (χ3n) is 3.96. The first-order chi connectivity index (χ1) is 11.1. The lowest BCUT2D eigenvalue weighted by molar-refractivity contribution is -0.129. The molecule has 3 aromatic carbocycles. The molecule has 0 saturated heterocycles. The molecule has 23 heavy (non-hydrogen) atoms. The molecule has 0 aromatic heterocycles. The number of hydrogen-bond acceptors (Lipinski definition) is 1. The van der Waals surface area contributed by atoms with Crippen molar-refractivity contribution in [2.75, 3.05) is 7.05 Å². The summed E-state index contributed by atoms with van der Waals surface area (Å²) in [5.41, 5.74) is 1.80. The number of carbonyl (C=O) groups excluding carboxylic acids is 1. The van der Waals surface area contributed by atoms with Gasteiger partial charge in [-0.2, -0.15) is 0 Å². The minimum atomic E-state index is -0.280. The second-order valence-electron chi connectivity index (χ2n) is 5.69. The van der Waals surface area contributed by atoms with Crippen molar-refractivity contribution in [3.8, 4) is 0 Å². The molecule has 0 N–H and O–H groups in total. The Balaban J connectivity index is 1.75. The molecule has 3 rings (SSSR count). The van der Waals surface area contributed by atoms with Crippen LogP contribution in [0.25, 0.3) is 10.8 Å². The van der Waals surface area contributed by atoms with Crippen molar-refractivity contribution >= 4 is 16.7 Å². The number of rotatable bonds is 4. The zero-order valence-corrected chi connectivity index (χ0v) is 13.0. The van der Waals surface area contributed by atoms with Crippen molar-refractivity contribution in [1.82, 2.24) is 4.90 Å². The summed E-state index contributed by atoms with van der Waals surface area (Å²) in [5, 5.41) is 2.23. The number of amides is 1. The van der Waals surface area contributed by atoms with Crippen molar-refractivity contribution in [3.63, 3.8) is 0 Å². The van der Waals surface area contributed by atoms with Gasteiger partial charge in [-0.05, 0) is 34.0 Å². The first-order valence-electron chi connectivity index (χ1n) is 7.58. The Labute approximate surface area is 135 Å². The standard InChI is InChI=1S/C20H18FNO/c1-22(14-15-6-4-10-18(21)12-15)20(23)13-17-9-5-8-16-7-2-3-11-19(16)17/h2-12H,13-14H2,1H3. The maximum atomic E-state index is 13.2. The molecule has 3 heteroatoms. The lowest BCUT2D eigenvalue weighted by Crippen LogP contribution is -2.27. The van der Waals surface area contributed by atoms with Crippen LogP contribution >= 0.6 is 0 Å². The van der Waals surface area contributed by atoms with E-state index in [0.717, 1.165) is 21.9 Å². The lowest BCUT2D eigenvalue weighted by Gasteiger charge is -2.18. The summed E-state index contributed by atoms with van der Waals surface area (Å²) in [6, 6.07) is 20.4.